The second-order valence-corrected chi connectivity index (χ2v) is 4.37. The van der Waals surface area contributed by atoms with Crippen LogP contribution in [0.3, 0.4) is 0 Å². The third-order valence-corrected chi connectivity index (χ3v) is 2.41. The van der Waals surface area contributed by atoms with E-state index in [9.17, 15) is 0 Å². The molecule has 0 saturated heterocycles. The molecular weight excluding hydrogens is 170 g/mol. The molecule has 0 aliphatic rings. The lowest BCUT2D eigenvalue weighted by atomic mass is 10.0. The fourth-order valence-electron chi connectivity index (χ4n) is 1.84. The predicted molar refractivity (Wildman–Crippen MR) is 62.5 cm³/mol. The normalized spacial score (nSPS) is 12.9. The molecule has 1 unspecified atom stereocenters. The van der Waals surface area contributed by atoms with Gasteiger partial charge in [0.25, 0.3) is 0 Å². The summed E-state index contributed by atoms with van der Waals surface area (Å²) in [5.74, 6) is 0. The minimum Gasteiger partial charge on any atom is -0.328 e. The molecule has 0 amide bonds. The van der Waals surface area contributed by atoms with Crippen LogP contribution in [0.15, 0.2) is 18.2 Å². The van der Waals surface area contributed by atoms with Gasteiger partial charge in [0.2, 0.25) is 0 Å². The Morgan fingerprint density at radius 2 is 1.71 bits per heavy atom. The summed E-state index contributed by atoms with van der Waals surface area (Å²) in [7, 11) is 0. The molecule has 0 bridgehead atoms. The van der Waals surface area contributed by atoms with E-state index in [0.29, 0.717) is 6.04 Å². The first-order valence-corrected chi connectivity index (χ1v) is 5.40. The fraction of sp³-hybridized carbons (Fsp3) is 0.538. The molecule has 1 rings (SSSR count). The van der Waals surface area contributed by atoms with E-state index >= 15 is 0 Å². The van der Waals surface area contributed by atoms with Gasteiger partial charge in [-0.3, -0.25) is 0 Å². The van der Waals surface area contributed by atoms with E-state index in [1.54, 1.807) is 0 Å². The second kappa shape index (κ2) is 5.16. The van der Waals surface area contributed by atoms with E-state index in [1.807, 2.05) is 0 Å². The van der Waals surface area contributed by atoms with E-state index in [2.05, 4.69) is 39.0 Å². The van der Waals surface area contributed by atoms with Gasteiger partial charge in [0.05, 0.1) is 0 Å². The zero-order chi connectivity index (χ0) is 10.6. The maximum atomic E-state index is 5.72. The molecule has 14 heavy (non-hydrogen) atoms. The molecular formula is C13H21N. The topological polar surface area (TPSA) is 26.0 Å². The van der Waals surface area contributed by atoms with Crippen LogP contribution in [0.4, 0.5) is 0 Å². The maximum absolute atomic E-state index is 5.72. The average Bonchev–Trinajstić information content (AvgIpc) is 2.01. The minimum atomic E-state index is 0.334. The number of hydrogen-bond acceptors (Lipinski definition) is 1. The smallest absolute Gasteiger partial charge is 0.00105 e. The van der Waals surface area contributed by atoms with Crippen molar-refractivity contribution in [2.75, 3.05) is 0 Å². The van der Waals surface area contributed by atoms with Crippen molar-refractivity contribution in [1.29, 1.82) is 0 Å². The van der Waals surface area contributed by atoms with Gasteiger partial charge in [-0.25, -0.2) is 0 Å². The van der Waals surface area contributed by atoms with Gasteiger partial charge >= 0.3 is 0 Å². The third kappa shape index (κ3) is 3.93. The number of hydrogen-bond donors (Lipinski definition) is 1. The minimum absolute atomic E-state index is 0.334. The van der Waals surface area contributed by atoms with E-state index in [0.717, 1.165) is 12.8 Å². The molecule has 0 heterocycles. The Kier molecular flexibility index (Phi) is 4.15. The highest BCUT2D eigenvalue weighted by Crippen LogP contribution is 2.11. The molecule has 0 aliphatic heterocycles. The standard InChI is InChI=1S/C13H21N/c1-10-7-11(2)9-13(8-10)6-4-5-12(3)14/h7-9,12H,4-6,14H2,1-3H3. The Morgan fingerprint density at radius 3 is 2.21 bits per heavy atom. The Hall–Kier alpha value is -0.820. The first-order valence-electron chi connectivity index (χ1n) is 5.40. The van der Waals surface area contributed by atoms with Crippen molar-refractivity contribution in [2.45, 2.75) is 46.1 Å². The highest BCUT2D eigenvalue weighted by atomic mass is 14.6. The van der Waals surface area contributed by atoms with E-state index in [1.165, 1.54) is 23.1 Å². The quantitative estimate of drug-likeness (QED) is 0.778. The first-order chi connectivity index (χ1) is 6.58. The predicted octanol–water partition coefficient (Wildman–Crippen LogP) is 2.97. The Balaban J connectivity index is 2.50. The lowest BCUT2D eigenvalue weighted by Gasteiger charge is -2.06. The van der Waals surface area contributed by atoms with Crippen LogP contribution in [0.1, 0.15) is 36.5 Å². The van der Waals surface area contributed by atoms with Crippen molar-refractivity contribution in [3.05, 3.63) is 34.9 Å². The van der Waals surface area contributed by atoms with Gasteiger partial charge in [0.15, 0.2) is 0 Å². The summed E-state index contributed by atoms with van der Waals surface area (Å²) in [6.45, 7) is 6.38. The highest BCUT2D eigenvalue weighted by molar-refractivity contribution is 5.28. The first kappa shape index (κ1) is 11.3. The molecule has 0 radical (unpaired) electrons. The zero-order valence-corrected chi connectivity index (χ0v) is 9.51. The fourth-order valence-corrected chi connectivity index (χ4v) is 1.84. The molecule has 0 aromatic heterocycles. The van der Waals surface area contributed by atoms with Gasteiger partial charge in [-0.05, 0) is 45.6 Å². The summed E-state index contributed by atoms with van der Waals surface area (Å²) in [6, 6.07) is 7.10. The van der Waals surface area contributed by atoms with Crippen molar-refractivity contribution < 1.29 is 0 Å². The van der Waals surface area contributed by atoms with Crippen molar-refractivity contribution >= 4 is 0 Å². The molecule has 78 valence electrons. The number of aryl methyl sites for hydroxylation is 3. The molecule has 1 aromatic rings. The van der Waals surface area contributed by atoms with Crippen LogP contribution in [-0.4, -0.2) is 6.04 Å². The van der Waals surface area contributed by atoms with Gasteiger partial charge < -0.3 is 5.73 Å². The highest BCUT2D eigenvalue weighted by Gasteiger charge is 1.98. The summed E-state index contributed by atoms with van der Waals surface area (Å²) in [5.41, 5.74) is 9.89. The molecule has 1 aromatic carbocycles. The van der Waals surface area contributed by atoms with Gasteiger partial charge in [-0.15, -0.1) is 0 Å². The van der Waals surface area contributed by atoms with E-state index in [-0.39, 0.29) is 0 Å². The maximum Gasteiger partial charge on any atom is 0.00105 e. The van der Waals surface area contributed by atoms with Crippen molar-refractivity contribution in [3.8, 4) is 0 Å². The van der Waals surface area contributed by atoms with Crippen LogP contribution in [0, 0.1) is 13.8 Å². The molecule has 2 N–H and O–H groups in total. The number of nitrogens with two attached hydrogens (primary N) is 1. The van der Waals surface area contributed by atoms with Gasteiger partial charge in [-0.2, -0.15) is 0 Å². The molecule has 0 aliphatic carbocycles. The largest absolute Gasteiger partial charge is 0.328 e. The van der Waals surface area contributed by atoms with Gasteiger partial charge in [-0.1, -0.05) is 29.3 Å². The summed E-state index contributed by atoms with van der Waals surface area (Å²) in [6.07, 6.45) is 3.47. The lowest BCUT2D eigenvalue weighted by molar-refractivity contribution is 0.624. The van der Waals surface area contributed by atoms with Crippen LogP contribution in [0.25, 0.3) is 0 Å². The van der Waals surface area contributed by atoms with Crippen LogP contribution >= 0.6 is 0 Å². The molecule has 0 fully saturated rings. The Morgan fingerprint density at radius 1 is 1.14 bits per heavy atom. The summed E-state index contributed by atoms with van der Waals surface area (Å²) >= 11 is 0. The molecule has 1 heteroatoms. The summed E-state index contributed by atoms with van der Waals surface area (Å²) in [5, 5.41) is 0. The Labute approximate surface area is 87.3 Å². The molecule has 1 atom stereocenters. The zero-order valence-electron chi connectivity index (χ0n) is 9.51. The average molecular weight is 191 g/mol. The molecule has 0 saturated carbocycles. The molecule has 1 nitrogen and oxygen atoms in total. The lowest BCUT2D eigenvalue weighted by Crippen LogP contribution is -2.14. The number of benzene rings is 1. The van der Waals surface area contributed by atoms with Crippen LogP contribution in [0.2, 0.25) is 0 Å². The van der Waals surface area contributed by atoms with E-state index in [4.69, 9.17) is 5.73 Å². The number of rotatable bonds is 4. The van der Waals surface area contributed by atoms with Crippen molar-refractivity contribution in [3.63, 3.8) is 0 Å². The van der Waals surface area contributed by atoms with Gasteiger partial charge in [0, 0.05) is 6.04 Å². The molecule has 0 spiro atoms. The summed E-state index contributed by atoms with van der Waals surface area (Å²) < 4.78 is 0. The SMILES string of the molecule is Cc1cc(C)cc(CCCC(C)N)c1. The van der Waals surface area contributed by atoms with E-state index < -0.39 is 0 Å². The van der Waals surface area contributed by atoms with Crippen molar-refractivity contribution in [2.24, 2.45) is 5.73 Å². The van der Waals surface area contributed by atoms with Crippen LogP contribution in [0.5, 0.6) is 0 Å². The van der Waals surface area contributed by atoms with Gasteiger partial charge in [0.1, 0.15) is 0 Å². The van der Waals surface area contributed by atoms with Crippen LogP contribution in [-0.2, 0) is 6.42 Å². The monoisotopic (exact) mass is 191 g/mol. The second-order valence-electron chi connectivity index (χ2n) is 4.37. The Bertz CT molecular complexity index is 269. The van der Waals surface area contributed by atoms with Crippen LogP contribution < -0.4 is 5.73 Å². The third-order valence-electron chi connectivity index (χ3n) is 2.41. The summed E-state index contributed by atoms with van der Waals surface area (Å²) in [4.78, 5) is 0. The van der Waals surface area contributed by atoms with Crippen molar-refractivity contribution in [1.82, 2.24) is 0 Å².